The molecule has 2 amide bonds. The number of carbonyl (C=O) groups is 1. The maximum atomic E-state index is 11.3. The second-order valence-electron chi connectivity index (χ2n) is 3.95. The van der Waals surface area contributed by atoms with Crippen molar-refractivity contribution in [1.29, 1.82) is 0 Å². The Morgan fingerprint density at radius 3 is 2.68 bits per heavy atom. The Hall–Kier alpha value is -2.34. The van der Waals surface area contributed by atoms with Crippen molar-refractivity contribution in [3.8, 4) is 5.69 Å². The molecular weight excluding hydrogens is 244 g/mol. The predicted octanol–water partition coefficient (Wildman–Crippen LogP) is 0.664. The first kappa shape index (κ1) is 13.1. The number of aliphatic hydroxyl groups excluding tert-OH is 1. The molecule has 2 aromatic rings. The first-order valence-electron chi connectivity index (χ1n) is 6.01. The average molecular weight is 260 g/mol. The Morgan fingerprint density at radius 2 is 2.05 bits per heavy atom. The third-order valence-corrected chi connectivity index (χ3v) is 2.56. The zero-order valence-corrected chi connectivity index (χ0v) is 10.4. The molecule has 0 radical (unpaired) electrons. The van der Waals surface area contributed by atoms with E-state index < -0.39 is 0 Å². The Labute approximate surface area is 111 Å². The van der Waals surface area contributed by atoms with E-state index in [0.29, 0.717) is 6.54 Å². The predicted molar refractivity (Wildman–Crippen MR) is 70.9 cm³/mol. The highest BCUT2D eigenvalue weighted by molar-refractivity contribution is 5.73. The Morgan fingerprint density at radius 1 is 1.26 bits per heavy atom. The molecule has 6 nitrogen and oxygen atoms in total. The van der Waals surface area contributed by atoms with Gasteiger partial charge in [0.15, 0.2) is 0 Å². The number of hydrogen-bond acceptors (Lipinski definition) is 3. The SMILES string of the molecule is O=C(NCCO)NCc1ccc(-n2cccn2)cc1. The van der Waals surface area contributed by atoms with Crippen LogP contribution in [0.2, 0.25) is 0 Å². The molecule has 0 unspecified atom stereocenters. The minimum absolute atomic E-state index is 0.0635. The van der Waals surface area contributed by atoms with Crippen molar-refractivity contribution in [3.63, 3.8) is 0 Å². The summed E-state index contributed by atoms with van der Waals surface area (Å²) in [6.07, 6.45) is 3.59. The molecule has 0 aliphatic heterocycles. The van der Waals surface area contributed by atoms with Gasteiger partial charge in [-0.25, -0.2) is 9.48 Å². The fourth-order valence-electron chi connectivity index (χ4n) is 1.60. The summed E-state index contributed by atoms with van der Waals surface area (Å²) in [6.45, 7) is 0.632. The number of nitrogens with one attached hydrogen (secondary N) is 2. The molecule has 0 spiro atoms. The Bertz CT molecular complexity index is 508. The number of aromatic nitrogens is 2. The standard InChI is InChI=1S/C13H16N4O2/c18-9-7-14-13(19)15-10-11-2-4-12(5-3-11)17-8-1-6-16-17/h1-6,8,18H,7,9-10H2,(H2,14,15,19). The van der Waals surface area contributed by atoms with Gasteiger partial charge in [-0.1, -0.05) is 12.1 Å². The number of hydrogen-bond donors (Lipinski definition) is 3. The van der Waals surface area contributed by atoms with Gasteiger partial charge < -0.3 is 15.7 Å². The van der Waals surface area contributed by atoms with Gasteiger partial charge in [0.25, 0.3) is 0 Å². The summed E-state index contributed by atoms with van der Waals surface area (Å²) >= 11 is 0. The van der Waals surface area contributed by atoms with Crippen LogP contribution in [0.5, 0.6) is 0 Å². The van der Waals surface area contributed by atoms with E-state index in [0.717, 1.165) is 11.3 Å². The lowest BCUT2D eigenvalue weighted by Crippen LogP contribution is -2.36. The van der Waals surface area contributed by atoms with E-state index in [9.17, 15) is 4.79 Å². The minimum atomic E-state index is -0.287. The van der Waals surface area contributed by atoms with Crippen LogP contribution < -0.4 is 10.6 Å². The lowest BCUT2D eigenvalue weighted by Gasteiger charge is -2.07. The zero-order chi connectivity index (χ0) is 13.5. The number of rotatable bonds is 5. The maximum absolute atomic E-state index is 11.3. The highest BCUT2D eigenvalue weighted by atomic mass is 16.3. The Kier molecular flexibility index (Phi) is 4.52. The van der Waals surface area contributed by atoms with Gasteiger partial charge in [0, 0.05) is 25.5 Å². The van der Waals surface area contributed by atoms with Crippen LogP contribution in [0.3, 0.4) is 0 Å². The Balaban J connectivity index is 1.87. The van der Waals surface area contributed by atoms with Gasteiger partial charge in [0.05, 0.1) is 12.3 Å². The largest absolute Gasteiger partial charge is 0.395 e. The van der Waals surface area contributed by atoms with Crippen LogP contribution in [0.4, 0.5) is 4.79 Å². The molecule has 0 aliphatic carbocycles. The number of amides is 2. The van der Waals surface area contributed by atoms with Gasteiger partial charge >= 0.3 is 6.03 Å². The second-order valence-corrected chi connectivity index (χ2v) is 3.95. The molecule has 100 valence electrons. The van der Waals surface area contributed by atoms with Gasteiger partial charge in [-0.2, -0.15) is 5.10 Å². The topological polar surface area (TPSA) is 79.2 Å². The summed E-state index contributed by atoms with van der Waals surface area (Å²) in [5.41, 5.74) is 1.97. The normalized spacial score (nSPS) is 10.2. The third-order valence-electron chi connectivity index (χ3n) is 2.56. The van der Waals surface area contributed by atoms with Crippen molar-refractivity contribution in [2.45, 2.75) is 6.54 Å². The van der Waals surface area contributed by atoms with Crippen molar-refractivity contribution >= 4 is 6.03 Å². The first-order valence-corrected chi connectivity index (χ1v) is 6.01. The third kappa shape index (κ3) is 3.82. The van der Waals surface area contributed by atoms with E-state index >= 15 is 0 Å². The molecule has 0 bridgehead atoms. The summed E-state index contributed by atoms with van der Waals surface area (Å²) in [5.74, 6) is 0. The van der Waals surface area contributed by atoms with Crippen molar-refractivity contribution in [2.75, 3.05) is 13.2 Å². The summed E-state index contributed by atoms with van der Waals surface area (Å²) < 4.78 is 1.77. The first-order chi connectivity index (χ1) is 9.29. The fourth-order valence-corrected chi connectivity index (χ4v) is 1.60. The minimum Gasteiger partial charge on any atom is -0.395 e. The molecule has 1 heterocycles. The van der Waals surface area contributed by atoms with E-state index in [-0.39, 0.29) is 19.2 Å². The van der Waals surface area contributed by atoms with E-state index in [1.165, 1.54) is 0 Å². The molecule has 0 saturated carbocycles. The summed E-state index contributed by atoms with van der Waals surface area (Å²) in [5, 5.41) is 17.9. The molecule has 1 aromatic carbocycles. The van der Waals surface area contributed by atoms with Crippen molar-refractivity contribution in [3.05, 3.63) is 48.3 Å². The monoisotopic (exact) mass is 260 g/mol. The molecule has 0 fully saturated rings. The molecule has 3 N–H and O–H groups in total. The highest BCUT2D eigenvalue weighted by Gasteiger charge is 2.00. The van der Waals surface area contributed by atoms with E-state index in [4.69, 9.17) is 5.11 Å². The van der Waals surface area contributed by atoms with Crippen LogP contribution in [-0.2, 0) is 6.54 Å². The van der Waals surface area contributed by atoms with Crippen LogP contribution in [-0.4, -0.2) is 34.1 Å². The molecule has 0 saturated heterocycles. The molecule has 1 aromatic heterocycles. The van der Waals surface area contributed by atoms with Gasteiger partial charge in [-0.3, -0.25) is 0 Å². The molecular formula is C13H16N4O2. The summed E-state index contributed by atoms with van der Waals surface area (Å²) in [6, 6.07) is 9.32. The summed E-state index contributed by atoms with van der Waals surface area (Å²) in [4.78, 5) is 11.3. The van der Waals surface area contributed by atoms with Gasteiger partial charge in [0.2, 0.25) is 0 Å². The molecule has 0 aliphatic rings. The highest BCUT2D eigenvalue weighted by Crippen LogP contribution is 2.08. The number of carbonyl (C=O) groups excluding carboxylic acids is 1. The fraction of sp³-hybridized carbons (Fsp3) is 0.231. The van der Waals surface area contributed by atoms with Crippen molar-refractivity contribution in [2.24, 2.45) is 0 Å². The van der Waals surface area contributed by atoms with Crippen LogP contribution in [0.25, 0.3) is 5.69 Å². The van der Waals surface area contributed by atoms with E-state index in [1.54, 1.807) is 10.9 Å². The van der Waals surface area contributed by atoms with Crippen LogP contribution >= 0.6 is 0 Å². The smallest absolute Gasteiger partial charge is 0.315 e. The van der Waals surface area contributed by atoms with E-state index in [2.05, 4.69) is 15.7 Å². The van der Waals surface area contributed by atoms with Gasteiger partial charge in [0.1, 0.15) is 0 Å². The van der Waals surface area contributed by atoms with E-state index in [1.807, 2.05) is 36.5 Å². The molecule has 2 rings (SSSR count). The number of urea groups is 1. The average Bonchev–Trinajstić information content (AvgIpc) is 2.97. The molecule has 6 heteroatoms. The maximum Gasteiger partial charge on any atom is 0.315 e. The van der Waals surface area contributed by atoms with Gasteiger partial charge in [-0.05, 0) is 23.8 Å². The quantitative estimate of drug-likeness (QED) is 0.739. The number of aliphatic hydroxyl groups is 1. The lowest BCUT2D eigenvalue weighted by molar-refractivity contribution is 0.234. The van der Waals surface area contributed by atoms with Crippen molar-refractivity contribution in [1.82, 2.24) is 20.4 Å². The lowest BCUT2D eigenvalue weighted by atomic mass is 10.2. The number of nitrogens with zero attached hydrogens (tertiary/aromatic N) is 2. The van der Waals surface area contributed by atoms with Crippen LogP contribution in [0.1, 0.15) is 5.56 Å². The molecule has 0 atom stereocenters. The number of benzene rings is 1. The molecule has 19 heavy (non-hydrogen) atoms. The van der Waals surface area contributed by atoms with Crippen LogP contribution in [0.15, 0.2) is 42.7 Å². The van der Waals surface area contributed by atoms with Gasteiger partial charge in [-0.15, -0.1) is 0 Å². The van der Waals surface area contributed by atoms with Crippen LogP contribution in [0, 0.1) is 0 Å². The summed E-state index contributed by atoms with van der Waals surface area (Å²) in [7, 11) is 0. The second kappa shape index (κ2) is 6.55. The zero-order valence-electron chi connectivity index (χ0n) is 10.4. The van der Waals surface area contributed by atoms with Crippen molar-refractivity contribution < 1.29 is 9.90 Å².